The normalized spacial score (nSPS) is 19.2. The Morgan fingerprint density at radius 3 is 2.28 bits per heavy atom. The Kier molecular flexibility index (Phi) is 8.21. The molecule has 1 atom stereocenters. The molecular formula is C26H42BO2. The van der Waals surface area contributed by atoms with E-state index in [-0.39, 0.29) is 5.41 Å². The van der Waals surface area contributed by atoms with Crippen molar-refractivity contribution in [1.82, 2.24) is 0 Å². The van der Waals surface area contributed by atoms with Gasteiger partial charge in [0, 0.05) is 5.41 Å². The van der Waals surface area contributed by atoms with Gasteiger partial charge in [-0.2, -0.15) is 0 Å². The van der Waals surface area contributed by atoms with Crippen LogP contribution in [0.25, 0.3) is 5.57 Å². The van der Waals surface area contributed by atoms with Crippen molar-refractivity contribution in [1.29, 1.82) is 0 Å². The highest BCUT2D eigenvalue weighted by atomic mass is 16.5. The summed E-state index contributed by atoms with van der Waals surface area (Å²) in [6.45, 7) is 14.3. The Morgan fingerprint density at radius 2 is 1.66 bits per heavy atom. The van der Waals surface area contributed by atoms with Crippen LogP contribution in [0.2, 0.25) is 0 Å². The molecular weight excluding hydrogens is 355 g/mol. The minimum absolute atomic E-state index is 0.153. The van der Waals surface area contributed by atoms with Crippen LogP contribution in [0.3, 0.4) is 0 Å². The van der Waals surface area contributed by atoms with Crippen LogP contribution in [0.5, 0.6) is 0 Å². The number of rotatable bonds is 12. The van der Waals surface area contributed by atoms with Gasteiger partial charge in [0.25, 0.3) is 0 Å². The third-order valence-corrected chi connectivity index (χ3v) is 7.07. The SMILES string of the molecule is CCCCCCCCC1(CC)C=C(C)c2ccc([B]OC(C)(C)C(C)(C)O)cc21. The summed E-state index contributed by atoms with van der Waals surface area (Å²) in [7, 11) is 1.82. The van der Waals surface area contributed by atoms with Crippen molar-refractivity contribution < 1.29 is 9.76 Å². The molecule has 2 rings (SSSR count). The van der Waals surface area contributed by atoms with E-state index in [2.05, 4.69) is 45.0 Å². The number of hydrogen-bond donors (Lipinski definition) is 1. The highest BCUT2D eigenvalue weighted by molar-refractivity contribution is 6.47. The largest absolute Gasteiger partial charge is 0.427 e. The van der Waals surface area contributed by atoms with Crippen LogP contribution in [-0.2, 0) is 10.1 Å². The molecule has 0 fully saturated rings. The van der Waals surface area contributed by atoms with E-state index in [9.17, 15) is 5.11 Å². The number of allylic oxidation sites excluding steroid dienone is 2. The molecule has 2 nitrogen and oxygen atoms in total. The molecule has 1 N–H and O–H groups in total. The molecule has 0 aromatic heterocycles. The maximum atomic E-state index is 10.4. The second kappa shape index (κ2) is 9.83. The predicted molar refractivity (Wildman–Crippen MR) is 127 cm³/mol. The molecule has 0 amide bonds. The maximum Gasteiger partial charge on any atom is 0.330 e. The van der Waals surface area contributed by atoms with Crippen molar-refractivity contribution in [3.05, 3.63) is 35.4 Å². The summed E-state index contributed by atoms with van der Waals surface area (Å²) in [6, 6.07) is 6.68. The van der Waals surface area contributed by atoms with Crippen LogP contribution in [0.15, 0.2) is 24.3 Å². The number of fused-ring (bicyclic) bond motifs is 1. The second-order valence-corrected chi connectivity index (χ2v) is 9.96. The van der Waals surface area contributed by atoms with Crippen LogP contribution in [0.4, 0.5) is 0 Å². The fourth-order valence-electron chi connectivity index (χ4n) is 4.22. The average Bonchev–Trinajstić information content (AvgIpc) is 2.94. The molecule has 0 saturated carbocycles. The van der Waals surface area contributed by atoms with E-state index in [0.717, 1.165) is 11.9 Å². The summed E-state index contributed by atoms with van der Waals surface area (Å²) < 4.78 is 6.01. The lowest BCUT2D eigenvalue weighted by Crippen LogP contribution is -2.49. The summed E-state index contributed by atoms with van der Waals surface area (Å²) in [5.74, 6) is 0. The van der Waals surface area contributed by atoms with Gasteiger partial charge in [0.05, 0.1) is 11.2 Å². The van der Waals surface area contributed by atoms with Gasteiger partial charge in [-0.05, 0) is 64.2 Å². The van der Waals surface area contributed by atoms with Crippen LogP contribution in [0.1, 0.15) is 111 Å². The summed E-state index contributed by atoms with van der Waals surface area (Å²) in [4.78, 5) is 0. The lowest BCUT2D eigenvalue weighted by Gasteiger charge is -2.37. The van der Waals surface area contributed by atoms with Gasteiger partial charge in [0.1, 0.15) is 0 Å². The number of unbranched alkanes of at least 4 members (excludes halogenated alkanes) is 5. The van der Waals surface area contributed by atoms with Crippen LogP contribution in [0, 0.1) is 0 Å². The molecule has 1 radical (unpaired) electrons. The van der Waals surface area contributed by atoms with Crippen molar-refractivity contribution in [2.75, 3.05) is 0 Å². The van der Waals surface area contributed by atoms with Gasteiger partial charge < -0.3 is 9.76 Å². The fourth-order valence-corrected chi connectivity index (χ4v) is 4.22. The molecule has 29 heavy (non-hydrogen) atoms. The van der Waals surface area contributed by atoms with Crippen molar-refractivity contribution in [3.8, 4) is 0 Å². The molecule has 0 heterocycles. The Morgan fingerprint density at radius 1 is 1.00 bits per heavy atom. The molecule has 0 bridgehead atoms. The maximum absolute atomic E-state index is 10.4. The van der Waals surface area contributed by atoms with E-state index >= 15 is 0 Å². The highest BCUT2D eigenvalue weighted by Crippen LogP contribution is 2.45. The number of benzene rings is 1. The second-order valence-electron chi connectivity index (χ2n) is 9.96. The van der Waals surface area contributed by atoms with Gasteiger partial charge in [-0.1, -0.05) is 82.1 Å². The summed E-state index contributed by atoms with van der Waals surface area (Å²) in [5, 5.41) is 10.4. The van der Waals surface area contributed by atoms with Crippen molar-refractivity contribution in [3.63, 3.8) is 0 Å². The van der Waals surface area contributed by atoms with E-state index in [4.69, 9.17) is 4.65 Å². The lowest BCUT2D eigenvalue weighted by atomic mass is 9.73. The molecule has 1 aliphatic carbocycles. The molecule has 0 spiro atoms. The Bertz CT molecular complexity index is 699. The number of aliphatic hydroxyl groups is 1. The van der Waals surface area contributed by atoms with E-state index in [1.807, 2.05) is 21.3 Å². The first-order valence-corrected chi connectivity index (χ1v) is 11.6. The quantitative estimate of drug-likeness (QED) is 0.331. The molecule has 0 saturated heterocycles. The highest BCUT2D eigenvalue weighted by Gasteiger charge is 2.37. The average molecular weight is 397 g/mol. The Balaban J connectivity index is 2.12. The zero-order valence-electron chi connectivity index (χ0n) is 19.9. The lowest BCUT2D eigenvalue weighted by molar-refractivity contribution is -0.0893. The monoisotopic (exact) mass is 397 g/mol. The van der Waals surface area contributed by atoms with Gasteiger partial charge >= 0.3 is 7.48 Å². The predicted octanol–water partition coefficient (Wildman–Crippen LogP) is 6.31. The zero-order valence-corrected chi connectivity index (χ0v) is 19.9. The van der Waals surface area contributed by atoms with E-state index in [0.29, 0.717) is 0 Å². The minimum Gasteiger partial charge on any atom is -0.427 e. The summed E-state index contributed by atoms with van der Waals surface area (Å²) >= 11 is 0. The smallest absolute Gasteiger partial charge is 0.330 e. The third kappa shape index (κ3) is 5.76. The molecule has 1 aliphatic rings. The first kappa shape index (κ1) is 24.2. The Labute approximate surface area is 180 Å². The van der Waals surface area contributed by atoms with Gasteiger partial charge in [-0.15, -0.1) is 0 Å². The molecule has 1 aromatic carbocycles. The Hall–Kier alpha value is -1.06. The van der Waals surface area contributed by atoms with Crippen LogP contribution < -0.4 is 5.46 Å². The molecule has 3 heteroatoms. The van der Waals surface area contributed by atoms with Crippen molar-refractivity contribution in [2.24, 2.45) is 0 Å². The minimum atomic E-state index is -0.913. The van der Waals surface area contributed by atoms with Gasteiger partial charge in [0.2, 0.25) is 0 Å². The van der Waals surface area contributed by atoms with Gasteiger partial charge in [-0.25, -0.2) is 0 Å². The van der Waals surface area contributed by atoms with Crippen LogP contribution >= 0.6 is 0 Å². The topological polar surface area (TPSA) is 29.5 Å². The summed E-state index contributed by atoms with van der Waals surface area (Å²) in [6.07, 6.45) is 12.9. The van der Waals surface area contributed by atoms with Crippen molar-refractivity contribution >= 4 is 18.5 Å². The van der Waals surface area contributed by atoms with E-state index < -0.39 is 11.2 Å². The first-order valence-electron chi connectivity index (χ1n) is 11.6. The standard InChI is InChI=1S/C26H42BO2/c1-8-10-11-12-13-14-17-26(9-2)19-20(3)22-16-15-21(18-23(22)26)27-29-25(6,7)24(4,5)28/h15-16,18-19,28H,8-14,17H2,1-7H3. The molecule has 1 aromatic rings. The molecule has 0 aliphatic heterocycles. The van der Waals surface area contributed by atoms with Gasteiger partial charge in [0.15, 0.2) is 0 Å². The van der Waals surface area contributed by atoms with E-state index in [1.54, 1.807) is 13.8 Å². The zero-order chi connectivity index (χ0) is 21.7. The number of hydrogen-bond acceptors (Lipinski definition) is 2. The van der Waals surface area contributed by atoms with Crippen LogP contribution in [-0.4, -0.2) is 23.8 Å². The van der Waals surface area contributed by atoms with E-state index in [1.165, 1.54) is 61.6 Å². The summed E-state index contributed by atoms with van der Waals surface area (Å²) in [5.41, 5.74) is 3.90. The van der Waals surface area contributed by atoms with Gasteiger partial charge in [-0.3, -0.25) is 0 Å². The fraction of sp³-hybridized carbons (Fsp3) is 0.692. The molecule has 161 valence electrons. The first-order chi connectivity index (χ1) is 13.6. The third-order valence-electron chi connectivity index (χ3n) is 7.07. The molecule has 1 unspecified atom stereocenters. The van der Waals surface area contributed by atoms with Crippen molar-refractivity contribution in [2.45, 2.75) is 116 Å².